The van der Waals surface area contributed by atoms with Crippen LogP contribution in [0.4, 0.5) is 0 Å². The highest BCUT2D eigenvalue weighted by molar-refractivity contribution is 8.04. The molecule has 0 aromatic heterocycles. The molecular weight excluding hydrogens is 422 g/mol. The standard InChI is InChI=1S/C22H21NO5S2/c1-22(2,3)14-8-10-15(11-9-14)30(27,28)23-18-12-19(29-13-20(24)25)21(26)17-7-5-4-6-16(17)18/h4-12H,13H2,1-3H3,(H,24,25)/b23-18+. The summed E-state index contributed by atoms with van der Waals surface area (Å²) in [6, 6.07) is 13.1. The van der Waals surface area contributed by atoms with Gasteiger partial charge in [-0.3, -0.25) is 9.59 Å². The van der Waals surface area contributed by atoms with Crippen molar-refractivity contribution in [3.05, 3.63) is 76.2 Å². The molecule has 0 bridgehead atoms. The van der Waals surface area contributed by atoms with Gasteiger partial charge >= 0.3 is 5.97 Å². The van der Waals surface area contributed by atoms with Crippen LogP contribution < -0.4 is 0 Å². The number of carboxylic acid groups (broad SMARTS) is 1. The number of carbonyl (C=O) groups excluding carboxylic acids is 1. The second-order valence-corrected chi connectivity index (χ2v) is 10.4. The van der Waals surface area contributed by atoms with Gasteiger partial charge in [-0.2, -0.15) is 12.8 Å². The van der Waals surface area contributed by atoms with Crippen molar-refractivity contribution in [1.29, 1.82) is 0 Å². The van der Waals surface area contributed by atoms with Crippen LogP contribution >= 0.6 is 11.8 Å². The first-order valence-corrected chi connectivity index (χ1v) is 11.6. The summed E-state index contributed by atoms with van der Waals surface area (Å²) in [5.41, 5.74) is 1.69. The molecule has 156 valence electrons. The van der Waals surface area contributed by atoms with Gasteiger partial charge in [-0.25, -0.2) is 0 Å². The number of nitrogens with zero attached hydrogens (tertiary/aromatic N) is 1. The van der Waals surface area contributed by atoms with E-state index in [1.807, 2.05) is 20.8 Å². The Hall–Kier alpha value is -2.71. The zero-order valence-corrected chi connectivity index (χ0v) is 18.4. The highest BCUT2D eigenvalue weighted by Gasteiger charge is 2.27. The Morgan fingerprint density at radius 1 is 1.03 bits per heavy atom. The molecule has 0 amide bonds. The summed E-state index contributed by atoms with van der Waals surface area (Å²) in [5, 5.41) is 8.92. The smallest absolute Gasteiger partial charge is 0.313 e. The van der Waals surface area contributed by atoms with Gasteiger partial charge in [0.15, 0.2) is 5.78 Å². The van der Waals surface area contributed by atoms with Crippen LogP contribution in [-0.4, -0.2) is 36.7 Å². The highest BCUT2D eigenvalue weighted by atomic mass is 32.2. The Labute approximate surface area is 179 Å². The normalized spacial score (nSPS) is 15.6. The average molecular weight is 444 g/mol. The number of sulfonamides is 1. The summed E-state index contributed by atoms with van der Waals surface area (Å²) in [6.07, 6.45) is 1.35. The van der Waals surface area contributed by atoms with Gasteiger partial charge < -0.3 is 5.11 Å². The lowest BCUT2D eigenvalue weighted by atomic mass is 9.87. The van der Waals surface area contributed by atoms with Crippen LogP contribution in [0.15, 0.2) is 68.8 Å². The van der Waals surface area contributed by atoms with Gasteiger partial charge in [-0.15, -0.1) is 11.8 Å². The van der Waals surface area contributed by atoms with E-state index in [0.29, 0.717) is 11.1 Å². The number of hydrogen-bond donors (Lipinski definition) is 1. The van der Waals surface area contributed by atoms with Gasteiger partial charge in [0.25, 0.3) is 10.0 Å². The Balaban J connectivity index is 2.06. The number of ketones is 1. The first-order valence-electron chi connectivity index (χ1n) is 9.15. The molecular formula is C22H21NO5S2. The molecule has 2 aromatic carbocycles. The molecule has 0 saturated heterocycles. The average Bonchev–Trinajstić information content (AvgIpc) is 2.68. The molecule has 0 unspecified atom stereocenters. The minimum atomic E-state index is -4.03. The summed E-state index contributed by atoms with van der Waals surface area (Å²) < 4.78 is 29.8. The lowest BCUT2D eigenvalue weighted by Crippen LogP contribution is -2.18. The topological polar surface area (TPSA) is 101 Å². The number of aliphatic carboxylic acids is 1. The van der Waals surface area contributed by atoms with Gasteiger partial charge in [0.05, 0.1) is 21.3 Å². The fraction of sp³-hybridized carbons (Fsp3) is 0.227. The molecule has 0 heterocycles. The molecule has 0 spiro atoms. The maximum atomic E-state index is 12.9. The zero-order valence-electron chi connectivity index (χ0n) is 16.7. The first kappa shape index (κ1) is 22.0. The van der Waals surface area contributed by atoms with Gasteiger partial charge in [0, 0.05) is 11.1 Å². The maximum Gasteiger partial charge on any atom is 0.313 e. The molecule has 1 N–H and O–H groups in total. The Kier molecular flexibility index (Phi) is 6.01. The van der Waals surface area contributed by atoms with Gasteiger partial charge in [0.2, 0.25) is 0 Å². The second kappa shape index (κ2) is 8.20. The third-order valence-corrected chi connectivity index (χ3v) is 6.84. The van der Waals surface area contributed by atoms with Crippen LogP contribution in [0.3, 0.4) is 0 Å². The van der Waals surface area contributed by atoms with Crippen molar-refractivity contribution in [2.75, 3.05) is 5.75 Å². The van der Waals surface area contributed by atoms with E-state index >= 15 is 0 Å². The van der Waals surface area contributed by atoms with E-state index in [2.05, 4.69) is 4.40 Å². The lowest BCUT2D eigenvalue weighted by Gasteiger charge is -2.19. The molecule has 2 aromatic rings. The quantitative estimate of drug-likeness (QED) is 0.748. The molecule has 0 atom stereocenters. The van der Waals surface area contributed by atoms with Crippen molar-refractivity contribution < 1.29 is 23.1 Å². The van der Waals surface area contributed by atoms with E-state index in [4.69, 9.17) is 5.11 Å². The van der Waals surface area contributed by atoms with Crippen LogP contribution in [0.2, 0.25) is 0 Å². The number of allylic oxidation sites excluding steroid dienone is 2. The number of hydrogen-bond acceptors (Lipinski definition) is 5. The fourth-order valence-corrected chi connectivity index (χ4v) is 4.65. The number of rotatable bonds is 5. The SMILES string of the molecule is CC(C)(C)c1ccc(S(=O)(=O)/N=C2\C=C(SCC(=O)O)C(=O)c3ccccc32)cc1. The van der Waals surface area contributed by atoms with E-state index in [1.165, 1.54) is 18.2 Å². The van der Waals surface area contributed by atoms with Crippen LogP contribution in [0, 0.1) is 0 Å². The van der Waals surface area contributed by atoms with Gasteiger partial charge in [0.1, 0.15) is 0 Å². The Morgan fingerprint density at radius 2 is 1.63 bits per heavy atom. The highest BCUT2D eigenvalue weighted by Crippen LogP contribution is 2.30. The predicted octanol–water partition coefficient (Wildman–Crippen LogP) is 4.06. The van der Waals surface area contributed by atoms with Crippen molar-refractivity contribution in [2.24, 2.45) is 4.40 Å². The number of Topliss-reactive ketones (excluding diaryl/α,β-unsaturated/α-hetero) is 1. The van der Waals surface area contributed by atoms with Crippen molar-refractivity contribution in [3.8, 4) is 0 Å². The van der Waals surface area contributed by atoms with E-state index < -0.39 is 16.0 Å². The third kappa shape index (κ3) is 4.71. The minimum absolute atomic E-state index is 0.0468. The van der Waals surface area contributed by atoms with Crippen molar-refractivity contribution in [3.63, 3.8) is 0 Å². The van der Waals surface area contributed by atoms with E-state index in [1.54, 1.807) is 36.4 Å². The lowest BCUT2D eigenvalue weighted by molar-refractivity contribution is -0.133. The van der Waals surface area contributed by atoms with E-state index in [-0.39, 0.29) is 32.5 Å². The molecule has 0 radical (unpaired) electrons. The Bertz CT molecular complexity index is 1170. The molecule has 1 aliphatic rings. The van der Waals surface area contributed by atoms with Crippen LogP contribution in [0.25, 0.3) is 0 Å². The minimum Gasteiger partial charge on any atom is -0.481 e. The van der Waals surface area contributed by atoms with Gasteiger partial charge in [-0.1, -0.05) is 57.2 Å². The number of thioether (sulfide) groups is 1. The number of carboxylic acids is 1. The molecule has 3 rings (SSSR count). The fourth-order valence-electron chi connectivity index (χ4n) is 2.94. The number of benzene rings is 2. The molecule has 0 aliphatic heterocycles. The zero-order chi connectivity index (χ0) is 22.1. The van der Waals surface area contributed by atoms with Crippen LogP contribution in [-0.2, 0) is 20.2 Å². The van der Waals surface area contributed by atoms with Crippen molar-refractivity contribution >= 4 is 39.2 Å². The second-order valence-electron chi connectivity index (χ2n) is 7.79. The Morgan fingerprint density at radius 3 is 2.20 bits per heavy atom. The summed E-state index contributed by atoms with van der Waals surface area (Å²) >= 11 is 0.844. The first-order chi connectivity index (χ1) is 14.0. The van der Waals surface area contributed by atoms with E-state index in [0.717, 1.165) is 17.3 Å². The molecule has 0 fully saturated rings. The van der Waals surface area contributed by atoms with Crippen LogP contribution in [0.1, 0.15) is 42.3 Å². The van der Waals surface area contributed by atoms with Gasteiger partial charge in [-0.05, 0) is 29.2 Å². The molecule has 6 nitrogen and oxygen atoms in total. The predicted molar refractivity (Wildman–Crippen MR) is 118 cm³/mol. The molecule has 0 saturated carbocycles. The van der Waals surface area contributed by atoms with Crippen molar-refractivity contribution in [2.45, 2.75) is 31.1 Å². The molecule has 1 aliphatic carbocycles. The van der Waals surface area contributed by atoms with Crippen LogP contribution in [0.5, 0.6) is 0 Å². The summed E-state index contributed by atoms with van der Waals surface area (Å²) in [4.78, 5) is 23.8. The monoisotopic (exact) mass is 443 g/mol. The summed E-state index contributed by atoms with van der Waals surface area (Å²) in [6.45, 7) is 6.11. The summed E-state index contributed by atoms with van der Waals surface area (Å²) in [7, 11) is -4.03. The maximum absolute atomic E-state index is 12.9. The number of carbonyl (C=O) groups is 2. The largest absolute Gasteiger partial charge is 0.481 e. The molecule has 8 heteroatoms. The van der Waals surface area contributed by atoms with E-state index in [9.17, 15) is 18.0 Å². The van der Waals surface area contributed by atoms with Crippen molar-refractivity contribution in [1.82, 2.24) is 0 Å². The number of fused-ring (bicyclic) bond motifs is 1. The summed E-state index contributed by atoms with van der Waals surface area (Å²) in [5.74, 6) is -1.73. The third-order valence-electron chi connectivity index (χ3n) is 4.53. The molecule has 30 heavy (non-hydrogen) atoms.